The van der Waals surface area contributed by atoms with Crippen LogP contribution in [0.5, 0.6) is 0 Å². The average molecular weight is 320 g/mol. The molecular weight excluding hydrogens is 308 g/mol. The Bertz CT molecular complexity index is 718. The minimum absolute atomic E-state index is 0.0705. The molecule has 3 heterocycles. The third kappa shape index (κ3) is 2.91. The maximum absolute atomic E-state index is 12.4. The average Bonchev–Trinajstić information content (AvgIpc) is 3.15. The normalized spacial score (nSPS) is 19.1. The summed E-state index contributed by atoms with van der Waals surface area (Å²) in [7, 11) is 0. The van der Waals surface area contributed by atoms with Crippen molar-refractivity contribution in [2.24, 2.45) is 4.99 Å². The van der Waals surface area contributed by atoms with E-state index in [0.29, 0.717) is 27.5 Å². The van der Waals surface area contributed by atoms with E-state index in [-0.39, 0.29) is 5.91 Å². The Morgan fingerprint density at radius 2 is 2.33 bits per heavy atom. The Hall–Kier alpha value is -1.93. The molecule has 2 aromatic heterocycles. The van der Waals surface area contributed by atoms with Crippen molar-refractivity contribution >= 4 is 45.4 Å². The highest BCUT2D eigenvalue weighted by Gasteiger charge is 2.32. The first kappa shape index (κ1) is 14.0. The van der Waals surface area contributed by atoms with Gasteiger partial charge in [-0.05, 0) is 37.7 Å². The highest BCUT2D eigenvalue weighted by Crippen LogP contribution is 2.34. The Morgan fingerprint density at radius 1 is 1.48 bits per heavy atom. The van der Waals surface area contributed by atoms with Crippen molar-refractivity contribution in [3.63, 3.8) is 0 Å². The van der Waals surface area contributed by atoms with Crippen molar-refractivity contribution in [3.05, 3.63) is 34.1 Å². The van der Waals surface area contributed by atoms with Crippen molar-refractivity contribution in [2.75, 3.05) is 6.54 Å². The second-order valence-corrected chi connectivity index (χ2v) is 6.34. The van der Waals surface area contributed by atoms with Gasteiger partial charge >= 0.3 is 0 Å². The molecule has 8 heteroatoms. The molecule has 1 aliphatic heterocycles. The van der Waals surface area contributed by atoms with Crippen molar-refractivity contribution < 1.29 is 9.21 Å². The third-order valence-corrected chi connectivity index (χ3v) is 4.47. The summed E-state index contributed by atoms with van der Waals surface area (Å²) < 4.78 is 5.25. The first-order valence-corrected chi connectivity index (χ1v) is 7.94. The molecule has 1 saturated heterocycles. The van der Waals surface area contributed by atoms with Crippen LogP contribution in [-0.4, -0.2) is 32.7 Å². The van der Waals surface area contributed by atoms with Crippen molar-refractivity contribution in [2.45, 2.75) is 13.8 Å². The minimum Gasteiger partial charge on any atom is -0.465 e. The van der Waals surface area contributed by atoms with Crippen molar-refractivity contribution in [3.8, 4) is 0 Å². The number of thioether (sulfide) groups is 1. The van der Waals surface area contributed by atoms with Gasteiger partial charge in [0.1, 0.15) is 10.8 Å². The van der Waals surface area contributed by atoms with Crippen LogP contribution in [0, 0.1) is 6.92 Å². The van der Waals surface area contributed by atoms with Crippen LogP contribution >= 0.6 is 23.1 Å². The molecule has 0 unspecified atom stereocenters. The lowest BCUT2D eigenvalue weighted by molar-refractivity contribution is -0.122. The van der Waals surface area contributed by atoms with E-state index in [9.17, 15) is 4.79 Å². The SMILES string of the molecule is CCN1C(=O)/C(=C\c2ccco2)S/C1=N/c1nnc(C)s1. The number of hydrogen-bond acceptors (Lipinski definition) is 7. The van der Waals surface area contributed by atoms with Gasteiger partial charge < -0.3 is 4.42 Å². The summed E-state index contributed by atoms with van der Waals surface area (Å²) in [5.41, 5.74) is 0. The van der Waals surface area contributed by atoms with E-state index in [1.807, 2.05) is 13.8 Å². The van der Waals surface area contributed by atoms with Gasteiger partial charge in [-0.2, -0.15) is 4.99 Å². The summed E-state index contributed by atoms with van der Waals surface area (Å²) in [6, 6.07) is 3.59. The fraction of sp³-hybridized carbons (Fsp3) is 0.231. The van der Waals surface area contributed by atoms with Crippen LogP contribution in [0.4, 0.5) is 5.13 Å². The lowest BCUT2D eigenvalue weighted by atomic mass is 10.3. The van der Waals surface area contributed by atoms with Gasteiger partial charge in [0, 0.05) is 12.6 Å². The molecule has 1 fully saturated rings. The molecule has 0 N–H and O–H groups in total. The molecule has 0 aromatic carbocycles. The summed E-state index contributed by atoms with van der Waals surface area (Å²) in [6.07, 6.45) is 3.30. The summed E-state index contributed by atoms with van der Waals surface area (Å²) in [5, 5.41) is 9.92. The van der Waals surface area contributed by atoms with Gasteiger partial charge in [-0.3, -0.25) is 9.69 Å². The lowest BCUT2D eigenvalue weighted by Crippen LogP contribution is -2.28. The zero-order valence-corrected chi connectivity index (χ0v) is 13.1. The summed E-state index contributed by atoms with van der Waals surface area (Å²) in [5.74, 6) is 0.578. The number of hydrogen-bond donors (Lipinski definition) is 0. The molecule has 0 spiro atoms. The second-order valence-electron chi connectivity index (χ2n) is 4.17. The molecule has 3 rings (SSSR count). The minimum atomic E-state index is -0.0705. The molecule has 0 bridgehead atoms. The predicted molar refractivity (Wildman–Crippen MR) is 83.4 cm³/mol. The maximum Gasteiger partial charge on any atom is 0.266 e. The van der Waals surface area contributed by atoms with Gasteiger partial charge in [-0.1, -0.05) is 11.3 Å². The highest BCUT2D eigenvalue weighted by atomic mass is 32.2. The number of aryl methyl sites for hydroxylation is 1. The quantitative estimate of drug-likeness (QED) is 0.813. The summed E-state index contributed by atoms with van der Waals surface area (Å²) >= 11 is 2.72. The lowest BCUT2D eigenvalue weighted by Gasteiger charge is -2.10. The van der Waals surface area contributed by atoms with Gasteiger partial charge in [0.25, 0.3) is 5.91 Å². The van der Waals surface area contributed by atoms with E-state index < -0.39 is 0 Å². The van der Waals surface area contributed by atoms with Gasteiger partial charge in [0.05, 0.1) is 11.2 Å². The van der Waals surface area contributed by atoms with Crippen LogP contribution in [0.15, 0.2) is 32.7 Å². The first-order valence-electron chi connectivity index (χ1n) is 6.31. The van der Waals surface area contributed by atoms with Crippen LogP contribution in [0.25, 0.3) is 6.08 Å². The summed E-state index contributed by atoms with van der Waals surface area (Å²) in [6.45, 7) is 4.33. The predicted octanol–water partition coefficient (Wildman–Crippen LogP) is 3.06. The smallest absolute Gasteiger partial charge is 0.266 e. The van der Waals surface area contributed by atoms with E-state index in [0.717, 1.165) is 5.01 Å². The summed E-state index contributed by atoms with van der Waals surface area (Å²) in [4.78, 5) is 19.0. The molecule has 6 nitrogen and oxygen atoms in total. The molecular formula is C13H12N4O2S2. The number of carbonyl (C=O) groups is 1. The van der Waals surface area contributed by atoms with E-state index in [1.54, 1.807) is 29.4 Å². The molecule has 108 valence electrons. The fourth-order valence-electron chi connectivity index (χ4n) is 1.79. The zero-order valence-electron chi connectivity index (χ0n) is 11.4. The first-order chi connectivity index (χ1) is 10.2. The number of furan rings is 1. The Morgan fingerprint density at radius 3 is 2.95 bits per heavy atom. The van der Waals surface area contributed by atoms with Gasteiger partial charge in [0.15, 0.2) is 5.17 Å². The molecule has 0 radical (unpaired) electrons. The van der Waals surface area contributed by atoms with Gasteiger partial charge in [0.2, 0.25) is 5.13 Å². The number of rotatable bonds is 3. The number of aliphatic imine (C=N–C) groups is 1. The van der Waals surface area contributed by atoms with E-state index in [2.05, 4.69) is 15.2 Å². The zero-order chi connectivity index (χ0) is 14.8. The number of amides is 1. The van der Waals surface area contributed by atoms with E-state index in [1.165, 1.54) is 23.1 Å². The monoisotopic (exact) mass is 320 g/mol. The van der Waals surface area contributed by atoms with Crippen molar-refractivity contribution in [1.29, 1.82) is 0 Å². The molecule has 2 aromatic rings. The second kappa shape index (κ2) is 5.82. The van der Waals surface area contributed by atoms with E-state index in [4.69, 9.17) is 4.42 Å². The molecule has 0 saturated carbocycles. The van der Waals surface area contributed by atoms with Crippen LogP contribution in [0.3, 0.4) is 0 Å². The Balaban J connectivity index is 1.92. The fourth-order valence-corrected chi connectivity index (χ4v) is 3.43. The molecule has 0 atom stereocenters. The molecule has 21 heavy (non-hydrogen) atoms. The topological polar surface area (TPSA) is 71.6 Å². The van der Waals surface area contributed by atoms with E-state index >= 15 is 0 Å². The standard InChI is InChI=1S/C13H12N4O2S2/c1-3-17-11(18)10(7-9-5-4-6-19-9)21-13(17)14-12-16-15-8(2)20-12/h4-7H,3H2,1-2H3/b10-7+,14-13+. The van der Waals surface area contributed by atoms with Crippen LogP contribution in [0.2, 0.25) is 0 Å². The number of nitrogens with zero attached hydrogens (tertiary/aromatic N) is 4. The van der Waals surface area contributed by atoms with Crippen LogP contribution in [-0.2, 0) is 4.79 Å². The number of likely N-dealkylation sites (N-methyl/N-ethyl adjacent to an activating group) is 1. The van der Waals surface area contributed by atoms with Crippen LogP contribution < -0.4 is 0 Å². The van der Waals surface area contributed by atoms with Gasteiger partial charge in [-0.25, -0.2) is 0 Å². The Labute approximate surface area is 129 Å². The maximum atomic E-state index is 12.4. The number of amidine groups is 1. The van der Waals surface area contributed by atoms with Gasteiger partial charge in [-0.15, -0.1) is 10.2 Å². The third-order valence-electron chi connectivity index (χ3n) is 2.73. The molecule has 1 amide bonds. The Kier molecular flexibility index (Phi) is 3.89. The number of carbonyl (C=O) groups excluding carboxylic acids is 1. The van der Waals surface area contributed by atoms with Crippen LogP contribution in [0.1, 0.15) is 17.7 Å². The highest BCUT2D eigenvalue weighted by molar-refractivity contribution is 8.18. The number of aromatic nitrogens is 2. The van der Waals surface area contributed by atoms with Crippen molar-refractivity contribution in [1.82, 2.24) is 15.1 Å². The largest absolute Gasteiger partial charge is 0.465 e. The molecule has 1 aliphatic rings. The molecule has 0 aliphatic carbocycles.